The summed E-state index contributed by atoms with van der Waals surface area (Å²) in [4.78, 5) is 33.5. The van der Waals surface area contributed by atoms with Crippen LogP contribution in [-0.4, -0.2) is 44.0 Å². The average molecular weight is 511 g/mol. The molecular weight excluding hydrogens is 480 g/mol. The fourth-order valence-electron chi connectivity index (χ4n) is 6.01. The summed E-state index contributed by atoms with van der Waals surface area (Å²) in [7, 11) is 0. The Morgan fingerprint density at radius 2 is 1.71 bits per heavy atom. The number of aromatic amines is 1. The number of rotatable bonds is 5. The monoisotopic (exact) mass is 510 g/mol. The lowest BCUT2D eigenvalue weighted by atomic mass is 9.82. The van der Waals surface area contributed by atoms with E-state index < -0.39 is 11.1 Å². The molecule has 1 aromatic heterocycles. The first-order chi connectivity index (χ1) is 18.1. The molecule has 194 valence electrons. The van der Waals surface area contributed by atoms with Crippen LogP contribution in [0.15, 0.2) is 66.7 Å². The largest absolute Gasteiger partial charge is 0.508 e. The Morgan fingerprint density at radius 1 is 1.00 bits per heavy atom. The molecular formula is C29H30N6O3. The van der Waals surface area contributed by atoms with E-state index in [4.69, 9.17) is 11.5 Å². The first kappa shape index (κ1) is 24.1. The van der Waals surface area contributed by atoms with E-state index in [0.29, 0.717) is 28.6 Å². The predicted octanol–water partition coefficient (Wildman–Crippen LogP) is 3.51. The molecule has 8 N–H and O–H groups in total. The number of amides is 2. The van der Waals surface area contributed by atoms with Gasteiger partial charge in [0.05, 0.1) is 16.6 Å². The summed E-state index contributed by atoms with van der Waals surface area (Å²) >= 11 is 0. The fourth-order valence-corrected chi connectivity index (χ4v) is 6.01. The minimum Gasteiger partial charge on any atom is -0.508 e. The highest BCUT2D eigenvalue weighted by atomic mass is 16.3. The third-order valence-corrected chi connectivity index (χ3v) is 8.49. The number of aromatic nitrogens is 2. The van der Waals surface area contributed by atoms with Crippen molar-refractivity contribution >= 4 is 28.5 Å². The molecule has 2 bridgehead atoms. The SMILES string of the molecule is C[C@]1(N)C2CCC1(N)C(NC(=O)c1ccc3nc(-c4ccc(NC(=O)c5ccc(O)cc5)cc4)[nH]c3c1)C2. The van der Waals surface area contributed by atoms with Crippen molar-refractivity contribution in [2.75, 3.05) is 5.32 Å². The Labute approximate surface area is 219 Å². The number of H-pyrrole nitrogens is 1. The van der Waals surface area contributed by atoms with Crippen LogP contribution >= 0.6 is 0 Å². The Balaban J connectivity index is 1.16. The van der Waals surface area contributed by atoms with Crippen LogP contribution in [0.1, 0.15) is 46.9 Å². The van der Waals surface area contributed by atoms with Crippen LogP contribution in [0.25, 0.3) is 22.4 Å². The molecule has 2 saturated carbocycles. The average Bonchev–Trinajstić information content (AvgIpc) is 3.48. The number of hydrogen-bond donors (Lipinski definition) is 6. The van der Waals surface area contributed by atoms with Gasteiger partial charge in [-0.2, -0.15) is 0 Å². The third kappa shape index (κ3) is 3.91. The minimum absolute atomic E-state index is 0.105. The molecule has 4 aromatic rings. The number of aromatic hydroxyl groups is 1. The highest BCUT2D eigenvalue weighted by Gasteiger charge is 2.63. The summed E-state index contributed by atoms with van der Waals surface area (Å²) in [5.41, 5.74) is 16.1. The van der Waals surface area contributed by atoms with Crippen molar-refractivity contribution in [1.29, 1.82) is 0 Å². The number of phenols is 1. The lowest BCUT2D eigenvalue weighted by molar-refractivity contribution is 0.0910. The van der Waals surface area contributed by atoms with Crippen LogP contribution < -0.4 is 22.1 Å². The number of nitrogens with two attached hydrogens (primary N) is 2. The van der Waals surface area contributed by atoms with Gasteiger partial charge in [-0.3, -0.25) is 9.59 Å². The molecule has 2 amide bonds. The Bertz CT molecular complexity index is 1540. The van der Waals surface area contributed by atoms with Gasteiger partial charge >= 0.3 is 0 Å². The smallest absolute Gasteiger partial charge is 0.255 e. The van der Waals surface area contributed by atoms with Crippen molar-refractivity contribution in [3.05, 3.63) is 77.9 Å². The van der Waals surface area contributed by atoms with E-state index in [1.54, 1.807) is 36.4 Å². The lowest BCUT2D eigenvalue weighted by Crippen LogP contribution is -2.67. The number of anilines is 1. The Morgan fingerprint density at radius 3 is 2.37 bits per heavy atom. The number of phenolic OH excluding ortho intramolecular Hbond substituents is 1. The van der Waals surface area contributed by atoms with Gasteiger partial charge in [0.1, 0.15) is 11.6 Å². The molecule has 9 nitrogen and oxygen atoms in total. The van der Waals surface area contributed by atoms with Crippen molar-refractivity contribution < 1.29 is 14.7 Å². The summed E-state index contributed by atoms with van der Waals surface area (Å²) in [5.74, 6) is 0.641. The fraction of sp³-hybridized carbons (Fsp3) is 0.276. The van der Waals surface area contributed by atoms with Crippen molar-refractivity contribution in [3.63, 3.8) is 0 Å². The highest BCUT2D eigenvalue weighted by molar-refractivity contribution is 6.04. The number of hydrogen-bond acceptors (Lipinski definition) is 6. The molecule has 0 spiro atoms. The maximum atomic E-state index is 13.1. The molecule has 9 heteroatoms. The van der Waals surface area contributed by atoms with Crippen LogP contribution in [0.3, 0.4) is 0 Å². The first-order valence-corrected chi connectivity index (χ1v) is 12.7. The molecule has 2 aliphatic carbocycles. The first-order valence-electron chi connectivity index (χ1n) is 12.7. The molecule has 1 heterocycles. The van der Waals surface area contributed by atoms with Crippen LogP contribution in [0, 0.1) is 5.92 Å². The zero-order valence-corrected chi connectivity index (χ0v) is 21.0. The van der Waals surface area contributed by atoms with E-state index in [0.717, 1.165) is 35.9 Å². The van der Waals surface area contributed by atoms with Gasteiger partial charge in [0.2, 0.25) is 0 Å². The lowest BCUT2D eigenvalue weighted by Gasteiger charge is -2.38. The van der Waals surface area contributed by atoms with Crippen molar-refractivity contribution in [2.45, 2.75) is 43.3 Å². The van der Waals surface area contributed by atoms with Crippen molar-refractivity contribution in [2.24, 2.45) is 17.4 Å². The van der Waals surface area contributed by atoms with Crippen molar-refractivity contribution in [3.8, 4) is 17.1 Å². The molecule has 3 unspecified atom stereocenters. The van der Waals surface area contributed by atoms with E-state index in [2.05, 4.69) is 20.6 Å². The van der Waals surface area contributed by atoms with Crippen molar-refractivity contribution in [1.82, 2.24) is 15.3 Å². The maximum absolute atomic E-state index is 13.1. The van der Waals surface area contributed by atoms with Gasteiger partial charge in [-0.15, -0.1) is 0 Å². The predicted molar refractivity (Wildman–Crippen MR) is 146 cm³/mol. The quantitative estimate of drug-likeness (QED) is 0.241. The summed E-state index contributed by atoms with van der Waals surface area (Å²) in [5, 5.41) is 15.4. The maximum Gasteiger partial charge on any atom is 0.255 e. The van der Waals surface area contributed by atoms with E-state index in [1.165, 1.54) is 12.1 Å². The number of fused-ring (bicyclic) bond motifs is 3. The molecule has 4 atom stereocenters. The van der Waals surface area contributed by atoms with Gasteiger partial charge in [0, 0.05) is 34.0 Å². The molecule has 38 heavy (non-hydrogen) atoms. The number of carbonyl (C=O) groups is 2. The van der Waals surface area contributed by atoms with Crippen LogP contribution in [-0.2, 0) is 0 Å². The van der Waals surface area contributed by atoms with Gasteiger partial charge in [-0.25, -0.2) is 4.98 Å². The third-order valence-electron chi connectivity index (χ3n) is 8.49. The topological polar surface area (TPSA) is 159 Å². The number of nitrogens with zero attached hydrogens (tertiary/aromatic N) is 1. The zero-order valence-electron chi connectivity index (χ0n) is 21.0. The summed E-state index contributed by atoms with van der Waals surface area (Å²) in [6.07, 6.45) is 2.62. The number of benzene rings is 3. The summed E-state index contributed by atoms with van der Waals surface area (Å²) in [6, 6.07) is 18.6. The second-order valence-corrected chi connectivity index (χ2v) is 10.7. The molecule has 0 radical (unpaired) electrons. The second kappa shape index (κ2) is 8.68. The standard InChI is InChI=1S/C29H30N6O3/c1-28(30)19-12-13-29(28,31)24(15-19)35-27(38)18-6-11-22-23(14-18)34-25(33-22)16-2-7-20(8-3-16)32-26(37)17-4-9-21(36)10-5-17/h2-11,14,19,24,36H,12-13,15,30-31H2,1H3,(H,32,37)(H,33,34)(H,35,38)/t19?,24?,28-,29?/m0/s1. The summed E-state index contributed by atoms with van der Waals surface area (Å²) in [6.45, 7) is 2.01. The van der Waals surface area contributed by atoms with Gasteiger partial charge in [-0.1, -0.05) is 0 Å². The van der Waals surface area contributed by atoms with Gasteiger partial charge < -0.3 is 32.2 Å². The van der Waals surface area contributed by atoms with Gasteiger partial charge in [0.15, 0.2) is 0 Å². The van der Waals surface area contributed by atoms with E-state index in [-0.39, 0.29) is 23.6 Å². The molecule has 0 saturated heterocycles. The Hall–Kier alpha value is -4.21. The Kier molecular flexibility index (Phi) is 5.51. The molecule has 3 aromatic carbocycles. The number of carbonyl (C=O) groups excluding carboxylic acids is 2. The normalized spacial score (nSPS) is 26.0. The van der Waals surface area contributed by atoms with E-state index in [9.17, 15) is 14.7 Å². The van der Waals surface area contributed by atoms with E-state index >= 15 is 0 Å². The highest BCUT2D eigenvalue weighted by Crippen LogP contribution is 2.52. The molecule has 2 aliphatic rings. The summed E-state index contributed by atoms with van der Waals surface area (Å²) < 4.78 is 0. The zero-order chi connectivity index (χ0) is 26.7. The van der Waals surface area contributed by atoms with E-state index in [1.807, 2.05) is 25.1 Å². The van der Waals surface area contributed by atoms with Gasteiger partial charge in [-0.05, 0) is 98.8 Å². The molecule has 6 rings (SSSR count). The van der Waals surface area contributed by atoms with Crippen LogP contribution in [0.5, 0.6) is 5.75 Å². The van der Waals surface area contributed by atoms with Crippen LogP contribution in [0.4, 0.5) is 5.69 Å². The minimum atomic E-state index is -0.589. The molecule has 0 aliphatic heterocycles. The second-order valence-electron chi connectivity index (χ2n) is 10.7. The number of imidazole rings is 1. The van der Waals surface area contributed by atoms with Gasteiger partial charge in [0.25, 0.3) is 11.8 Å². The molecule has 2 fully saturated rings. The number of nitrogens with one attached hydrogen (secondary N) is 3. The van der Waals surface area contributed by atoms with Crippen LogP contribution in [0.2, 0.25) is 0 Å².